The van der Waals surface area contributed by atoms with Gasteiger partial charge < -0.3 is 28.6 Å². The van der Waals surface area contributed by atoms with Crippen LogP contribution >= 0.6 is 0 Å². The molecule has 1 saturated carbocycles. The number of rotatable bonds is 13. The Balaban J connectivity index is 1.58. The zero-order valence-corrected chi connectivity index (χ0v) is 29.8. The highest BCUT2D eigenvalue weighted by Crippen LogP contribution is 2.66. The number of ether oxygens (including phenoxy) is 5. The molecule has 0 aromatic heterocycles. The summed E-state index contributed by atoms with van der Waals surface area (Å²) in [6.07, 6.45) is -0.869. The monoisotopic (exact) mass is 719 g/mol. The van der Waals surface area contributed by atoms with Crippen molar-refractivity contribution in [3.05, 3.63) is 131 Å². The largest absolute Gasteiger partial charge is 0.497 e. The summed E-state index contributed by atoms with van der Waals surface area (Å²) in [4.78, 5) is 74.6. The van der Waals surface area contributed by atoms with Gasteiger partial charge in [-0.15, -0.1) is 0 Å². The molecule has 3 atom stereocenters. The van der Waals surface area contributed by atoms with Gasteiger partial charge in [0.05, 0.1) is 38.5 Å². The van der Waals surface area contributed by atoms with E-state index in [1.165, 1.54) is 19.1 Å². The molecule has 6 rings (SSSR count). The Morgan fingerprint density at radius 3 is 1.79 bits per heavy atom. The van der Waals surface area contributed by atoms with E-state index in [2.05, 4.69) is 0 Å². The number of methoxy groups -OCH3 is 2. The number of benzene rings is 4. The van der Waals surface area contributed by atoms with E-state index in [0.717, 1.165) is 5.56 Å². The van der Waals surface area contributed by atoms with Gasteiger partial charge in [0.15, 0.2) is 5.41 Å². The standard InChI is InChI=1S/C42H41NO10/c1-4-51-37(45)36-41(39(47)52-26-29-16-10-6-11-17-29,40(48)53-27-30-18-12-7-13-19-30)24-31(22-35(44)50-3)42(36)33-21-20-32(49-2)23-34(33)43(38(42)46)25-28-14-8-5-9-15-28/h5-21,23,31,36H,4,22,24-27H2,1-3H3/t31-,36+,42-/m0/s1. The molecule has 53 heavy (non-hydrogen) atoms. The molecule has 4 aromatic carbocycles. The van der Waals surface area contributed by atoms with Crippen molar-refractivity contribution in [3.63, 3.8) is 0 Å². The molecule has 1 spiro atoms. The van der Waals surface area contributed by atoms with Crippen molar-refractivity contribution in [1.29, 1.82) is 0 Å². The number of carbonyl (C=O) groups is 5. The Morgan fingerprint density at radius 2 is 1.28 bits per heavy atom. The van der Waals surface area contributed by atoms with Gasteiger partial charge >= 0.3 is 23.9 Å². The minimum atomic E-state index is -2.43. The van der Waals surface area contributed by atoms with Gasteiger partial charge in [-0.05, 0) is 47.6 Å². The van der Waals surface area contributed by atoms with Gasteiger partial charge in [0, 0.05) is 12.5 Å². The van der Waals surface area contributed by atoms with Gasteiger partial charge in [-0.25, -0.2) is 0 Å². The molecule has 11 nitrogen and oxygen atoms in total. The van der Waals surface area contributed by atoms with E-state index in [1.807, 2.05) is 42.5 Å². The molecule has 0 saturated heterocycles. The predicted octanol–water partition coefficient (Wildman–Crippen LogP) is 5.72. The molecule has 274 valence electrons. The number of carbonyl (C=O) groups excluding carboxylic acids is 5. The molecule has 1 aliphatic carbocycles. The number of fused-ring (bicyclic) bond motifs is 2. The molecule has 2 aliphatic rings. The van der Waals surface area contributed by atoms with Crippen LogP contribution in [0.2, 0.25) is 0 Å². The van der Waals surface area contributed by atoms with Gasteiger partial charge in [-0.2, -0.15) is 0 Å². The summed E-state index contributed by atoms with van der Waals surface area (Å²) in [5, 5.41) is 0. The quantitative estimate of drug-likeness (QED) is 0.0960. The van der Waals surface area contributed by atoms with Crippen LogP contribution in [-0.4, -0.2) is 50.6 Å². The number of esters is 4. The minimum absolute atomic E-state index is 0.0754. The molecule has 11 heteroatoms. The molecule has 1 aliphatic heterocycles. The number of anilines is 1. The molecular weight excluding hydrogens is 678 g/mol. The van der Waals surface area contributed by atoms with Gasteiger partial charge in [0.25, 0.3) is 0 Å². The summed E-state index contributed by atoms with van der Waals surface area (Å²) in [5.41, 5.74) is -1.64. The van der Waals surface area contributed by atoms with Crippen molar-refractivity contribution in [2.24, 2.45) is 17.3 Å². The average molecular weight is 720 g/mol. The topological polar surface area (TPSA) is 135 Å². The minimum Gasteiger partial charge on any atom is -0.497 e. The van der Waals surface area contributed by atoms with E-state index >= 15 is 4.79 Å². The van der Waals surface area contributed by atoms with Gasteiger partial charge in [0.2, 0.25) is 5.91 Å². The van der Waals surface area contributed by atoms with Crippen LogP contribution in [-0.2, 0) is 68.1 Å². The molecule has 4 aromatic rings. The van der Waals surface area contributed by atoms with E-state index in [0.29, 0.717) is 28.1 Å². The fourth-order valence-corrected chi connectivity index (χ4v) is 7.87. The third-order valence-electron chi connectivity index (χ3n) is 10.2. The van der Waals surface area contributed by atoms with E-state index < -0.39 is 65.3 Å². The van der Waals surface area contributed by atoms with Gasteiger partial charge in [-0.1, -0.05) is 97.1 Å². The van der Waals surface area contributed by atoms with Gasteiger partial charge in [-0.3, -0.25) is 24.0 Å². The Kier molecular flexibility index (Phi) is 10.9. The number of amides is 1. The highest BCUT2D eigenvalue weighted by Gasteiger charge is 2.78. The SMILES string of the molecule is CCOC(=O)[C@@H]1C(C(=O)OCc2ccccc2)(C(=O)OCc2ccccc2)C[C@H](CC(=O)OC)[C@@]12C(=O)N(Cc1ccccc1)c1cc(OC)ccc12. The second kappa shape index (κ2) is 15.7. The lowest BCUT2D eigenvalue weighted by molar-refractivity contribution is -0.185. The fourth-order valence-electron chi connectivity index (χ4n) is 7.87. The van der Waals surface area contributed by atoms with E-state index in [1.54, 1.807) is 73.7 Å². The summed E-state index contributed by atoms with van der Waals surface area (Å²) in [6, 6.07) is 31.9. The van der Waals surface area contributed by atoms with Crippen LogP contribution in [0.3, 0.4) is 0 Å². The van der Waals surface area contributed by atoms with E-state index in [-0.39, 0.29) is 26.4 Å². The van der Waals surface area contributed by atoms with Crippen molar-refractivity contribution < 1.29 is 47.7 Å². The first-order valence-electron chi connectivity index (χ1n) is 17.4. The first kappa shape index (κ1) is 36.8. The van der Waals surface area contributed by atoms with Crippen LogP contribution in [0.15, 0.2) is 109 Å². The van der Waals surface area contributed by atoms with Crippen LogP contribution in [0.25, 0.3) is 0 Å². The zero-order chi connectivity index (χ0) is 37.6. The maximum absolute atomic E-state index is 15.5. The lowest BCUT2D eigenvalue weighted by Gasteiger charge is -2.37. The van der Waals surface area contributed by atoms with Crippen molar-refractivity contribution in [1.82, 2.24) is 0 Å². The average Bonchev–Trinajstić information content (AvgIpc) is 3.62. The third-order valence-corrected chi connectivity index (χ3v) is 10.2. The lowest BCUT2D eigenvalue weighted by Crippen LogP contribution is -2.56. The van der Waals surface area contributed by atoms with Crippen molar-refractivity contribution >= 4 is 35.5 Å². The summed E-state index contributed by atoms with van der Waals surface area (Å²) in [7, 11) is 2.70. The Bertz CT molecular complexity index is 1910. The highest BCUT2D eigenvalue weighted by atomic mass is 16.6. The van der Waals surface area contributed by atoms with Gasteiger partial charge in [0.1, 0.15) is 24.9 Å². The van der Waals surface area contributed by atoms with Crippen molar-refractivity contribution in [2.45, 2.75) is 44.9 Å². The summed E-state index contributed by atoms with van der Waals surface area (Å²) in [6.45, 7) is 1.06. The fraction of sp³-hybridized carbons (Fsp3) is 0.310. The third kappa shape index (κ3) is 6.74. The first-order valence-corrected chi connectivity index (χ1v) is 17.4. The Morgan fingerprint density at radius 1 is 0.736 bits per heavy atom. The normalized spacial score (nSPS) is 19.7. The first-order chi connectivity index (χ1) is 25.7. The van der Waals surface area contributed by atoms with E-state index in [4.69, 9.17) is 23.7 Å². The number of nitrogens with zero attached hydrogens (tertiary/aromatic N) is 1. The Hall–Kier alpha value is -5.97. The van der Waals surface area contributed by atoms with Crippen molar-refractivity contribution in [3.8, 4) is 5.75 Å². The molecule has 1 fully saturated rings. The second-order valence-corrected chi connectivity index (χ2v) is 13.1. The van der Waals surface area contributed by atoms with Crippen molar-refractivity contribution in [2.75, 3.05) is 25.7 Å². The highest BCUT2D eigenvalue weighted by molar-refractivity contribution is 6.15. The number of hydrogen-bond acceptors (Lipinski definition) is 10. The molecular formula is C42H41NO10. The predicted molar refractivity (Wildman–Crippen MR) is 192 cm³/mol. The molecule has 0 bridgehead atoms. The number of hydrogen-bond donors (Lipinski definition) is 0. The zero-order valence-electron chi connectivity index (χ0n) is 29.8. The molecule has 0 unspecified atom stereocenters. The smallest absolute Gasteiger partial charge is 0.324 e. The molecule has 0 radical (unpaired) electrons. The molecule has 1 amide bonds. The summed E-state index contributed by atoms with van der Waals surface area (Å²) >= 11 is 0. The molecule has 0 N–H and O–H groups in total. The van der Waals surface area contributed by atoms with Crippen LogP contribution in [0.1, 0.15) is 42.0 Å². The van der Waals surface area contributed by atoms with Crippen LogP contribution in [0, 0.1) is 17.3 Å². The Labute approximate surface area is 307 Å². The van der Waals surface area contributed by atoms with Crippen LogP contribution in [0.5, 0.6) is 5.75 Å². The van der Waals surface area contributed by atoms with Crippen LogP contribution < -0.4 is 9.64 Å². The maximum atomic E-state index is 15.5. The second-order valence-electron chi connectivity index (χ2n) is 13.1. The van der Waals surface area contributed by atoms with E-state index in [9.17, 15) is 19.2 Å². The summed E-state index contributed by atoms with van der Waals surface area (Å²) in [5.74, 6) is -6.93. The maximum Gasteiger partial charge on any atom is 0.324 e. The lowest BCUT2D eigenvalue weighted by atomic mass is 9.63. The molecule has 1 heterocycles. The summed E-state index contributed by atoms with van der Waals surface area (Å²) < 4.78 is 28.1. The van der Waals surface area contributed by atoms with Crippen LogP contribution in [0.4, 0.5) is 5.69 Å².